The van der Waals surface area contributed by atoms with E-state index in [4.69, 9.17) is 9.84 Å². The Morgan fingerprint density at radius 3 is 2.44 bits per heavy atom. The monoisotopic (exact) mass is 487 g/mol. The summed E-state index contributed by atoms with van der Waals surface area (Å²) in [5.41, 5.74) is 0.592. The molecule has 1 aliphatic rings. The molecule has 0 saturated carbocycles. The standard InChI is InChI=1S/C25H17N3O8/c29-22-21(23(30)27(25(33)26-22)18-4-2-5-19(13-18)28(34)35)12-16-3-1-6-20(11-16)36-14-15-7-9-17(10-8-15)24(31)32/h1-13H,14H2,(H,31,32)(H,26,29,33)/b21-12-. The zero-order chi connectivity index (χ0) is 25.8. The maximum atomic E-state index is 13.0. The molecule has 0 atom stereocenters. The highest BCUT2D eigenvalue weighted by atomic mass is 16.6. The van der Waals surface area contributed by atoms with Crippen LogP contribution in [0, 0.1) is 10.1 Å². The second kappa shape index (κ2) is 9.89. The largest absolute Gasteiger partial charge is 0.489 e. The number of benzene rings is 3. The Labute approximate surface area is 203 Å². The van der Waals surface area contributed by atoms with Crippen LogP contribution in [0.15, 0.2) is 78.4 Å². The minimum absolute atomic E-state index is 0.0592. The van der Waals surface area contributed by atoms with Gasteiger partial charge < -0.3 is 9.84 Å². The zero-order valence-electron chi connectivity index (χ0n) is 18.4. The molecule has 0 bridgehead atoms. The number of anilines is 1. The molecule has 180 valence electrons. The highest BCUT2D eigenvalue weighted by molar-refractivity contribution is 6.39. The van der Waals surface area contributed by atoms with Crippen molar-refractivity contribution in [2.45, 2.75) is 6.61 Å². The summed E-state index contributed by atoms with van der Waals surface area (Å²) in [6, 6.07) is 16.6. The minimum Gasteiger partial charge on any atom is -0.489 e. The summed E-state index contributed by atoms with van der Waals surface area (Å²) in [7, 11) is 0. The molecule has 0 aliphatic carbocycles. The summed E-state index contributed by atoms with van der Waals surface area (Å²) in [6.45, 7) is 0.147. The predicted molar refractivity (Wildman–Crippen MR) is 126 cm³/mol. The number of nitro groups is 1. The Bertz CT molecular complexity index is 1430. The molecule has 0 unspecified atom stereocenters. The Hall–Kier alpha value is -5.32. The SMILES string of the molecule is O=C1NC(=O)N(c2cccc([N+](=O)[O-])c2)C(=O)/C1=C\c1cccc(OCc2ccc(C(=O)O)cc2)c1. The number of non-ortho nitro benzene ring substituents is 1. The average Bonchev–Trinajstić information content (AvgIpc) is 2.86. The van der Waals surface area contributed by atoms with Crippen molar-refractivity contribution in [2.24, 2.45) is 0 Å². The van der Waals surface area contributed by atoms with Crippen LogP contribution in [-0.4, -0.2) is 33.8 Å². The number of carboxylic acid groups (broad SMARTS) is 1. The van der Waals surface area contributed by atoms with E-state index in [2.05, 4.69) is 5.32 Å². The molecule has 0 radical (unpaired) electrons. The van der Waals surface area contributed by atoms with Crippen molar-refractivity contribution in [3.05, 3.63) is 105 Å². The van der Waals surface area contributed by atoms with Crippen LogP contribution >= 0.6 is 0 Å². The van der Waals surface area contributed by atoms with Crippen molar-refractivity contribution in [3.63, 3.8) is 0 Å². The number of nitro benzene ring substituents is 1. The fourth-order valence-corrected chi connectivity index (χ4v) is 3.41. The summed E-state index contributed by atoms with van der Waals surface area (Å²) < 4.78 is 5.73. The van der Waals surface area contributed by atoms with Crippen LogP contribution in [0.1, 0.15) is 21.5 Å². The summed E-state index contributed by atoms with van der Waals surface area (Å²) in [5, 5.41) is 22.1. The van der Waals surface area contributed by atoms with Crippen LogP contribution in [-0.2, 0) is 16.2 Å². The third-order valence-corrected chi connectivity index (χ3v) is 5.18. The maximum absolute atomic E-state index is 13.0. The van der Waals surface area contributed by atoms with E-state index in [1.807, 2.05) is 0 Å². The van der Waals surface area contributed by atoms with Gasteiger partial charge in [-0.2, -0.15) is 0 Å². The number of urea groups is 1. The highest BCUT2D eigenvalue weighted by Crippen LogP contribution is 2.26. The van der Waals surface area contributed by atoms with Crippen LogP contribution in [0.25, 0.3) is 6.08 Å². The van der Waals surface area contributed by atoms with E-state index in [0.29, 0.717) is 16.2 Å². The lowest BCUT2D eigenvalue weighted by atomic mass is 10.1. The van der Waals surface area contributed by atoms with Gasteiger partial charge in [0, 0.05) is 12.1 Å². The summed E-state index contributed by atoms with van der Waals surface area (Å²) in [5.74, 6) is -2.46. The Morgan fingerprint density at radius 1 is 1.03 bits per heavy atom. The number of carbonyl (C=O) groups is 4. The van der Waals surface area contributed by atoms with Crippen molar-refractivity contribution in [2.75, 3.05) is 4.90 Å². The van der Waals surface area contributed by atoms with Gasteiger partial charge in [0.05, 0.1) is 16.2 Å². The molecule has 2 N–H and O–H groups in total. The van der Waals surface area contributed by atoms with Crippen molar-refractivity contribution >= 4 is 41.3 Å². The first-order valence-corrected chi connectivity index (χ1v) is 10.4. The number of carboxylic acids is 1. The van der Waals surface area contributed by atoms with Crippen LogP contribution in [0.5, 0.6) is 5.75 Å². The smallest absolute Gasteiger partial charge is 0.335 e. The van der Waals surface area contributed by atoms with Crippen LogP contribution in [0.3, 0.4) is 0 Å². The fraction of sp³-hybridized carbons (Fsp3) is 0.0400. The lowest BCUT2D eigenvalue weighted by molar-refractivity contribution is -0.384. The van der Waals surface area contributed by atoms with Crippen molar-refractivity contribution in [3.8, 4) is 5.75 Å². The molecule has 4 rings (SSSR count). The molecule has 1 heterocycles. The lowest BCUT2D eigenvalue weighted by Gasteiger charge is -2.26. The fourth-order valence-electron chi connectivity index (χ4n) is 3.41. The van der Waals surface area contributed by atoms with Gasteiger partial charge in [-0.25, -0.2) is 14.5 Å². The third kappa shape index (κ3) is 5.09. The molecule has 11 heteroatoms. The Balaban J connectivity index is 1.55. The van der Waals surface area contributed by atoms with E-state index in [9.17, 15) is 29.3 Å². The van der Waals surface area contributed by atoms with Crippen molar-refractivity contribution in [1.82, 2.24) is 5.32 Å². The van der Waals surface area contributed by atoms with Crippen LogP contribution in [0.2, 0.25) is 0 Å². The number of rotatable bonds is 7. The number of imide groups is 2. The minimum atomic E-state index is -1.03. The average molecular weight is 487 g/mol. The van der Waals surface area contributed by atoms with Gasteiger partial charge in [0.1, 0.15) is 17.9 Å². The number of nitrogens with one attached hydrogen (secondary N) is 1. The third-order valence-electron chi connectivity index (χ3n) is 5.18. The molecule has 1 saturated heterocycles. The van der Waals surface area contributed by atoms with Crippen molar-refractivity contribution < 1.29 is 33.9 Å². The molecule has 0 spiro atoms. The first-order chi connectivity index (χ1) is 17.2. The van der Waals surface area contributed by atoms with Gasteiger partial charge in [-0.3, -0.25) is 25.0 Å². The Kier molecular flexibility index (Phi) is 6.55. The zero-order valence-corrected chi connectivity index (χ0v) is 18.4. The molecule has 4 amide bonds. The number of barbiturate groups is 1. The molecule has 0 aromatic heterocycles. The van der Waals surface area contributed by atoms with Crippen LogP contribution in [0.4, 0.5) is 16.2 Å². The van der Waals surface area contributed by atoms with Gasteiger partial charge in [0.15, 0.2) is 0 Å². The number of amides is 4. The van der Waals surface area contributed by atoms with Gasteiger partial charge in [-0.05, 0) is 47.5 Å². The van der Waals surface area contributed by atoms with Gasteiger partial charge in [0.25, 0.3) is 17.5 Å². The van der Waals surface area contributed by atoms with E-state index < -0.39 is 28.7 Å². The molecule has 1 aliphatic heterocycles. The number of carbonyl (C=O) groups excluding carboxylic acids is 3. The topological polar surface area (TPSA) is 156 Å². The van der Waals surface area contributed by atoms with E-state index in [-0.39, 0.29) is 29.1 Å². The quantitative estimate of drug-likeness (QED) is 0.222. The maximum Gasteiger partial charge on any atom is 0.335 e. The molecule has 1 fully saturated rings. The second-order valence-corrected chi connectivity index (χ2v) is 7.60. The van der Waals surface area contributed by atoms with Crippen molar-refractivity contribution in [1.29, 1.82) is 0 Å². The summed E-state index contributed by atoms with van der Waals surface area (Å²) in [6.07, 6.45) is 1.28. The van der Waals surface area contributed by atoms with E-state index >= 15 is 0 Å². The lowest BCUT2D eigenvalue weighted by Crippen LogP contribution is -2.54. The summed E-state index contributed by atoms with van der Waals surface area (Å²) in [4.78, 5) is 59.8. The van der Waals surface area contributed by atoms with Gasteiger partial charge in [0.2, 0.25) is 0 Å². The van der Waals surface area contributed by atoms with E-state index in [0.717, 1.165) is 11.6 Å². The van der Waals surface area contributed by atoms with Gasteiger partial charge >= 0.3 is 12.0 Å². The number of hydrogen-bond acceptors (Lipinski definition) is 7. The number of hydrogen-bond donors (Lipinski definition) is 2. The molecule has 11 nitrogen and oxygen atoms in total. The van der Waals surface area contributed by atoms with Gasteiger partial charge in [-0.1, -0.05) is 30.3 Å². The molecular formula is C25H17N3O8. The molecule has 3 aromatic rings. The van der Waals surface area contributed by atoms with E-state index in [1.165, 1.54) is 36.4 Å². The number of aromatic carboxylic acids is 1. The highest BCUT2D eigenvalue weighted by Gasteiger charge is 2.37. The summed E-state index contributed by atoms with van der Waals surface area (Å²) >= 11 is 0. The molecule has 3 aromatic carbocycles. The number of ether oxygens (including phenoxy) is 1. The first kappa shape index (κ1) is 23.8. The molecule has 36 heavy (non-hydrogen) atoms. The molecular weight excluding hydrogens is 470 g/mol. The Morgan fingerprint density at radius 2 is 1.75 bits per heavy atom. The van der Waals surface area contributed by atoms with Gasteiger partial charge in [-0.15, -0.1) is 0 Å². The predicted octanol–water partition coefficient (Wildman–Crippen LogP) is 3.54. The normalized spacial score (nSPS) is 14.5. The first-order valence-electron chi connectivity index (χ1n) is 10.4. The number of nitrogens with zero attached hydrogens (tertiary/aromatic N) is 2. The van der Waals surface area contributed by atoms with Crippen LogP contribution < -0.4 is 15.0 Å². The second-order valence-electron chi connectivity index (χ2n) is 7.60. The van der Waals surface area contributed by atoms with E-state index in [1.54, 1.807) is 36.4 Å².